The molecule has 1 heterocycles. The lowest BCUT2D eigenvalue weighted by Gasteiger charge is -2.19. The Kier molecular flexibility index (Phi) is 4.42. The van der Waals surface area contributed by atoms with Crippen LogP contribution in [-0.4, -0.2) is 25.0 Å². The van der Waals surface area contributed by atoms with Gasteiger partial charge in [-0.2, -0.15) is 0 Å². The molecule has 2 aliphatic rings. The number of rotatable bonds is 4. The van der Waals surface area contributed by atoms with E-state index >= 15 is 0 Å². The number of carbonyl (C=O) groups is 2. The molecule has 0 atom stereocenters. The number of benzene rings is 2. The summed E-state index contributed by atoms with van der Waals surface area (Å²) in [4.78, 5) is 26.1. The molecule has 1 fully saturated rings. The Morgan fingerprint density at radius 1 is 1.27 bits per heavy atom. The fourth-order valence-electron chi connectivity index (χ4n) is 2.68. The molecule has 1 aliphatic heterocycles. The molecular formula is C20H18N2O3S. The Hall–Kier alpha value is -2.73. The van der Waals surface area contributed by atoms with E-state index in [2.05, 4.69) is 10.6 Å². The minimum atomic E-state index is -0.176. The van der Waals surface area contributed by atoms with Gasteiger partial charge in [0.25, 0.3) is 11.8 Å². The van der Waals surface area contributed by atoms with Gasteiger partial charge in [0.2, 0.25) is 0 Å². The van der Waals surface area contributed by atoms with Crippen LogP contribution in [0, 0.1) is 0 Å². The average molecular weight is 366 g/mol. The third-order valence-corrected chi connectivity index (χ3v) is 5.34. The van der Waals surface area contributed by atoms with Crippen molar-refractivity contribution in [1.82, 2.24) is 5.32 Å². The molecule has 0 radical (unpaired) electrons. The topological polar surface area (TPSA) is 67.4 Å². The normalized spacial score (nSPS) is 17.4. The van der Waals surface area contributed by atoms with Crippen molar-refractivity contribution in [2.24, 2.45) is 0 Å². The second-order valence-corrected chi connectivity index (χ2v) is 7.38. The highest BCUT2D eigenvalue weighted by Gasteiger charge is 2.26. The molecule has 132 valence electrons. The van der Waals surface area contributed by atoms with Crippen molar-refractivity contribution >= 4 is 35.3 Å². The van der Waals surface area contributed by atoms with Gasteiger partial charge in [-0.05, 0) is 54.8 Å². The molecule has 2 aromatic rings. The van der Waals surface area contributed by atoms with E-state index in [-0.39, 0.29) is 11.8 Å². The van der Waals surface area contributed by atoms with Gasteiger partial charge < -0.3 is 15.4 Å². The Morgan fingerprint density at radius 2 is 2.12 bits per heavy atom. The van der Waals surface area contributed by atoms with Crippen molar-refractivity contribution < 1.29 is 14.3 Å². The zero-order valence-electron chi connectivity index (χ0n) is 14.2. The molecule has 1 saturated carbocycles. The highest BCUT2D eigenvalue weighted by Crippen LogP contribution is 2.39. The third-order valence-electron chi connectivity index (χ3n) is 4.24. The summed E-state index contributed by atoms with van der Waals surface area (Å²) < 4.78 is 5.22. The van der Waals surface area contributed by atoms with Crippen LogP contribution in [0.15, 0.2) is 52.3 Å². The van der Waals surface area contributed by atoms with Gasteiger partial charge in [-0.25, -0.2) is 0 Å². The van der Waals surface area contributed by atoms with Crippen molar-refractivity contribution in [3.63, 3.8) is 0 Å². The van der Waals surface area contributed by atoms with Crippen molar-refractivity contribution in [3.05, 3.63) is 58.5 Å². The Morgan fingerprint density at radius 3 is 2.88 bits per heavy atom. The van der Waals surface area contributed by atoms with E-state index in [4.69, 9.17) is 4.74 Å². The number of methoxy groups -OCH3 is 1. The van der Waals surface area contributed by atoms with Crippen LogP contribution in [0.2, 0.25) is 0 Å². The Labute approximate surface area is 155 Å². The van der Waals surface area contributed by atoms with Crippen molar-refractivity contribution in [3.8, 4) is 5.75 Å². The fourth-order valence-corrected chi connectivity index (χ4v) is 3.61. The first kappa shape index (κ1) is 16.7. The van der Waals surface area contributed by atoms with E-state index in [0.717, 1.165) is 29.1 Å². The number of hydrogen-bond donors (Lipinski definition) is 2. The standard InChI is InChI=1S/C20H18N2O3S/c1-25-15-4-2-3-12(9-15)10-18-20(24)22-16-11-13(5-8-17(16)26-18)19(23)21-14-6-7-14/h2-5,8-11,14H,6-7H2,1H3,(H,21,23)(H,22,24)/b18-10+. The van der Waals surface area contributed by atoms with Crippen molar-refractivity contribution in [1.29, 1.82) is 0 Å². The minimum absolute atomic E-state index is 0.0905. The number of hydrogen-bond acceptors (Lipinski definition) is 4. The molecular weight excluding hydrogens is 348 g/mol. The van der Waals surface area contributed by atoms with E-state index in [1.807, 2.05) is 36.4 Å². The van der Waals surface area contributed by atoms with Gasteiger partial charge in [-0.1, -0.05) is 23.9 Å². The fraction of sp³-hybridized carbons (Fsp3) is 0.200. The predicted octanol–water partition coefficient (Wildman–Crippen LogP) is 3.67. The first-order valence-electron chi connectivity index (χ1n) is 8.42. The zero-order valence-corrected chi connectivity index (χ0v) is 15.1. The van der Waals surface area contributed by atoms with Crippen molar-refractivity contribution in [2.45, 2.75) is 23.8 Å². The summed E-state index contributed by atoms with van der Waals surface area (Å²) in [6, 6.07) is 13.3. The molecule has 26 heavy (non-hydrogen) atoms. The molecule has 2 aromatic carbocycles. The summed E-state index contributed by atoms with van der Waals surface area (Å²) in [6.07, 6.45) is 3.92. The Balaban J connectivity index is 1.57. The van der Waals surface area contributed by atoms with E-state index in [1.54, 1.807) is 19.2 Å². The molecule has 5 nitrogen and oxygen atoms in total. The molecule has 2 N–H and O–H groups in total. The first-order valence-corrected chi connectivity index (χ1v) is 9.24. The highest BCUT2D eigenvalue weighted by atomic mass is 32.2. The molecule has 4 rings (SSSR count). The van der Waals surface area contributed by atoms with Crippen molar-refractivity contribution in [2.75, 3.05) is 12.4 Å². The van der Waals surface area contributed by atoms with Crippen LogP contribution in [0.3, 0.4) is 0 Å². The third kappa shape index (κ3) is 3.60. The summed E-state index contributed by atoms with van der Waals surface area (Å²) >= 11 is 1.40. The molecule has 2 amide bonds. The van der Waals surface area contributed by atoms with E-state index in [9.17, 15) is 9.59 Å². The summed E-state index contributed by atoms with van der Waals surface area (Å²) in [5.74, 6) is 0.477. The molecule has 1 aliphatic carbocycles. The summed E-state index contributed by atoms with van der Waals surface area (Å²) in [7, 11) is 1.61. The van der Waals surface area contributed by atoms with Crippen LogP contribution in [0.25, 0.3) is 6.08 Å². The number of carbonyl (C=O) groups excluding carboxylic acids is 2. The first-order chi connectivity index (χ1) is 12.6. The number of amides is 2. The maximum atomic E-state index is 12.5. The summed E-state index contributed by atoms with van der Waals surface area (Å²) in [6.45, 7) is 0. The number of fused-ring (bicyclic) bond motifs is 1. The minimum Gasteiger partial charge on any atom is -0.497 e. The van der Waals surface area contributed by atoms with Gasteiger partial charge in [0.05, 0.1) is 17.7 Å². The lowest BCUT2D eigenvalue weighted by molar-refractivity contribution is -0.112. The quantitative estimate of drug-likeness (QED) is 0.810. The van der Waals surface area contributed by atoms with Crippen LogP contribution in [0.1, 0.15) is 28.8 Å². The molecule has 0 saturated heterocycles. The van der Waals surface area contributed by atoms with E-state index in [0.29, 0.717) is 22.2 Å². The van der Waals surface area contributed by atoms with Crippen LogP contribution in [0.5, 0.6) is 5.75 Å². The SMILES string of the molecule is COc1cccc(/C=C2/Sc3ccc(C(=O)NC4CC4)cc3NC2=O)c1. The van der Waals surface area contributed by atoms with Gasteiger partial charge >= 0.3 is 0 Å². The van der Waals surface area contributed by atoms with Gasteiger partial charge in [-0.3, -0.25) is 9.59 Å². The monoisotopic (exact) mass is 366 g/mol. The van der Waals surface area contributed by atoms with Gasteiger partial charge in [-0.15, -0.1) is 0 Å². The maximum absolute atomic E-state index is 12.5. The lowest BCUT2D eigenvalue weighted by Crippen LogP contribution is -2.26. The average Bonchev–Trinajstić information content (AvgIpc) is 3.46. The van der Waals surface area contributed by atoms with Gasteiger partial charge in [0.15, 0.2) is 0 Å². The maximum Gasteiger partial charge on any atom is 0.262 e. The summed E-state index contributed by atoms with van der Waals surface area (Å²) in [5.41, 5.74) is 2.13. The molecule has 0 bridgehead atoms. The Bertz CT molecular complexity index is 919. The second kappa shape index (κ2) is 6.88. The molecule has 0 spiro atoms. The number of anilines is 1. The zero-order chi connectivity index (χ0) is 18.1. The largest absolute Gasteiger partial charge is 0.497 e. The van der Waals surface area contributed by atoms with Crippen LogP contribution in [0.4, 0.5) is 5.69 Å². The molecule has 0 unspecified atom stereocenters. The lowest BCUT2D eigenvalue weighted by atomic mass is 10.1. The predicted molar refractivity (Wildman–Crippen MR) is 102 cm³/mol. The smallest absolute Gasteiger partial charge is 0.262 e. The molecule has 0 aromatic heterocycles. The number of nitrogens with one attached hydrogen (secondary N) is 2. The highest BCUT2D eigenvalue weighted by molar-refractivity contribution is 8.04. The van der Waals surface area contributed by atoms with E-state index in [1.165, 1.54) is 11.8 Å². The van der Waals surface area contributed by atoms with Gasteiger partial charge in [0, 0.05) is 16.5 Å². The van der Waals surface area contributed by atoms with Crippen LogP contribution in [-0.2, 0) is 4.79 Å². The van der Waals surface area contributed by atoms with Crippen LogP contribution >= 0.6 is 11.8 Å². The molecule has 6 heteroatoms. The number of ether oxygens (including phenoxy) is 1. The van der Waals surface area contributed by atoms with E-state index < -0.39 is 0 Å². The van der Waals surface area contributed by atoms with Gasteiger partial charge in [0.1, 0.15) is 5.75 Å². The number of thioether (sulfide) groups is 1. The summed E-state index contributed by atoms with van der Waals surface area (Å²) in [5, 5.41) is 5.84. The van der Waals surface area contributed by atoms with Crippen LogP contribution < -0.4 is 15.4 Å². The second-order valence-electron chi connectivity index (χ2n) is 6.30.